The van der Waals surface area contributed by atoms with Crippen molar-refractivity contribution in [3.63, 3.8) is 0 Å². The van der Waals surface area contributed by atoms with Crippen molar-refractivity contribution in [2.24, 2.45) is 0 Å². The minimum absolute atomic E-state index is 0.0758. The van der Waals surface area contributed by atoms with E-state index in [1.54, 1.807) is 0 Å². The van der Waals surface area contributed by atoms with Crippen LogP contribution in [0.3, 0.4) is 0 Å². The van der Waals surface area contributed by atoms with E-state index in [-0.39, 0.29) is 22.8 Å². The molecule has 0 unspecified atom stereocenters. The summed E-state index contributed by atoms with van der Waals surface area (Å²) in [6, 6.07) is 5.94. The number of nitro benzene ring substituents is 1. The van der Waals surface area contributed by atoms with Crippen LogP contribution in [0.4, 0.5) is 10.1 Å². The molecule has 2 aromatic rings. The molecule has 0 spiro atoms. The van der Waals surface area contributed by atoms with Crippen molar-refractivity contribution < 1.29 is 18.5 Å². The molecule has 1 aromatic heterocycles. The zero-order chi connectivity index (χ0) is 12.4. The number of nitro groups is 1. The molecular formula is C11H6FNO4. The minimum Gasteiger partial charge on any atom is -0.453 e. The third-order valence-corrected chi connectivity index (χ3v) is 2.12. The lowest BCUT2D eigenvalue weighted by atomic mass is 10.1. The molecule has 86 valence electrons. The van der Waals surface area contributed by atoms with Gasteiger partial charge in [0.2, 0.25) is 0 Å². The number of nitrogens with zero attached hydrogens (tertiary/aromatic N) is 1. The molecule has 1 heterocycles. The van der Waals surface area contributed by atoms with Gasteiger partial charge in [0.25, 0.3) is 5.69 Å². The minimum atomic E-state index is -0.738. The Morgan fingerprint density at radius 3 is 2.65 bits per heavy atom. The van der Waals surface area contributed by atoms with Crippen LogP contribution in [-0.4, -0.2) is 11.2 Å². The Morgan fingerprint density at radius 1 is 1.29 bits per heavy atom. The molecule has 0 radical (unpaired) electrons. The van der Waals surface area contributed by atoms with Gasteiger partial charge in [0.15, 0.2) is 12.0 Å². The first-order chi connectivity index (χ1) is 8.10. The summed E-state index contributed by atoms with van der Waals surface area (Å²) in [5, 5.41) is 10.6. The van der Waals surface area contributed by atoms with Gasteiger partial charge in [-0.3, -0.25) is 14.9 Å². The van der Waals surface area contributed by atoms with Crippen LogP contribution in [0.2, 0.25) is 0 Å². The van der Waals surface area contributed by atoms with Crippen molar-refractivity contribution in [2.45, 2.75) is 0 Å². The Kier molecular flexibility index (Phi) is 2.70. The Labute approximate surface area is 94.6 Å². The summed E-state index contributed by atoms with van der Waals surface area (Å²) in [5.41, 5.74) is -0.158. The van der Waals surface area contributed by atoms with Gasteiger partial charge in [-0.25, -0.2) is 4.39 Å². The molecule has 0 saturated heterocycles. The standard InChI is InChI=1S/C11H6FNO4/c12-8-3-7(4-9(5-8)13(15)16)11-2-1-10(6-14)17-11/h1-6H. The first-order valence-corrected chi connectivity index (χ1v) is 4.60. The van der Waals surface area contributed by atoms with Gasteiger partial charge in [-0.15, -0.1) is 0 Å². The number of halogens is 1. The molecule has 0 bridgehead atoms. The summed E-state index contributed by atoms with van der Waals surface area (Å²) in [5.74, 6) is -0.458. The Morgan fingerprint density at radius 2 is 2.06 bits per heavy atom. The van der Waals surface area contributed by atoms with Gasteiger partial charge in [0.1, 0.15) is 11.6 Å². The lowest BCUT2D eigenvalue weighted by molar-refractivity contribution is -0.385. The van der Waals surface area contributed by atoms with Crippen molar-refractivity contribution >= 4 is 12.0 Å². The van der Waals surface area contributed by atoms with E-state index in [1.165, 1.54) is 18.2 Å². The quantitative estimate of drug-likeness (QED) is 0.465. The fraction of sp³-hybridized carbons (Fsp3) is 0. The second kappa shape index (κ2) is 4.17. The van der Waals surface area contributed by atoms with Gasteiger partial charge in [0, 0.05) is 11.6 Å². The maximum absolute atomic E-state index is 13.1. The average molecular weight is 235 g/mol. The molecule has 6 heteroatoms. The van der Waals surface area contributed by atoms with E-state index in [2.05, 4.69) is 0 Å². The maximum atomic E-state index is 13.1. The monoisotopic (exact) mass is 235 g/mol. The summed E-state index contributed by atoms with van der Waals surface area (Å²) >= 11 is 0. The molecule has 0 aliphatic rings. The molecule has 0 amide bonds. The SMILES string of the molecule is O=Cc1ccc(-c2cc(F)cc([N+](=O)[O-])c2)o1. The second-order valence-electron chi connectivity index (χ2n) is 3.28. The highest BCUT2D eigenvalue weighted by Gasteiger charge is 2.13. The highest BCUT2D eigenvalue weighted by Crippen LogP contribution is 2.26. The summed E-state index contributed by atoms with van der Waals surface area (Å²) in [6.07, 6.45) is 0.497. The summed E-state index contributed by atoms with van der Waals surface area (Å²) in [7, 11) is 0. The molecule has 1 aromatic carbocycles. The summed E-state index contributed by atoms with van der Waals surface area (Å²) in [6.45, 7) is 0. The van der Waals surface area contributed by atoms with E-state index < -0.39 is 10.7 Å². The van der Waals surface area contributed by atoms with E-state index in [4.69, 9.17) is 4.42 Å². The molecular weight excluding hydrogens is 229 g/mol. The van der Waals surface area contributed by atoms with E-state index >= 15 is 0 Å². The lowest BCUT2D eigenvalue weighted by Crippen LogP contribution is -1.90. The number of carbonyl (C=O) groups excluding carboxylic acids is 1. The molecule has 0 saturated carbocycles. The predicted molar refractivity (Wildman–Crippen MR) is 56.1 cm³/mol. The van der Waals surface area contributed by atoms with E-state index in [1.807, 2.05) is 0 Å². The van der Waals surface area contributed by atoms with Gasteiger partial charge in [-0.2, -0.15) is 0 Å². The first-order valence-electron chi connectivity index (χ1n) is 4.60. The van der Waals surface area contributed by atoms with Gasteiger partial charge in [0.05, 0.1) is 11.0 Å². The lowest BCUT2D eigenvalue weighted by Gasteiger charge is -1.98. The highest BCUT2D eigenvalue weighted by atomic mass is 19.1. The van der Waals surface area contributed by atoms with Crippen molar-refractivity contribution in [1.29, 1.82) is 0 Å². The molecule has 2 rings (SSSR count). The van der Waals surface area contributed by atoms with Gasteiger partial charge in [-0.05, 0) is 18.2 Å². The van der Waals surface area contributed by atoms with Crippen molar-refractivity contribution in [2.75, 3.05) is 0 Å². The normalized spacial score (nSPS) is 10.2. The van der Waals surface area contributed by atoms with Crippen LogP contribution in [0.1, 0.15) is 10.6 Å². The molecule has 0 aliphatic carbocycles. The second-order valence-corrected chi connectivity index (χ2v) is 3.28. The number of non-ortho nitro benzene ring substituents is 1. The van der Waals surface area contributed by atoms with Crippen molar-refractivity contribution in [3.8, 4) is 11.3 Å². The number of hydrogen-bond donors (Lipinski definition) is 0. The van der Waals surface area contributed by atoms with Crippen LogP contribution >= 0.6 is 0 Å². The van der Waals surface area contributed by atoms with Crippen LogP contribution in [0.5, 0.6) is 0 Å². The van der Waals surface area contributed by atoms with Crippen LogP contribution in [0, 0.1) is 15.9 Å². The fourth-order valence-corrected chi connectivity index (χ4v) is 1.39. The van der Waals surface area contributed by atoms with Crippen molar-refractivity contribution in [1.82, 2.24) is 0 Å². The Hall–Kier alpha value is -2.50. The zero-order valence-corrected chi connectivity index (χ0v) is 8.42. The van der Waals surface area contributed by atoms with E-state index in [0.717, 1.165) is 12.1 Å². The third-order valence-electron chi connectivity index (χ3n) is 2.12. The fourth-order valence-electron chi connectivity index (χ4n) is 1.39. The number of aldehydes is 1. The van der Waals surface area contributed by atoms with Crippen molar-refractivity contribution in [3.05, 3.63) is 52.0 Å². The van der Waals surface area contributed by atoms with Crippen LogP contribution in [0.25, 0.3) is 11.3 Å². The number of furan rings is 1. The molecule has 5 nitrogen and oxygen atoms in total. The maximum Gasteiger partial charge on any atom is 0.273 e. The van der Waals surface area contributed by atoms with Crippen LogP contribution < -0.4 is 0 Å². The summed E-state index contributed by atoms with van der Waals surface area (Å²) in [4.78, 5) is 20.3. The van der Waals surface area contributed by atoms with Crippen LogP contribution in [0.15, 0.2) is 34.7 Å². The molecule has 0 atom stereocenters. The molecule has 17 heavy (non-hydrogen) atoms. The largest absolute Gasteiger partial charge is 0.453 e. The molecule has 0 N–H and O–H groups in total. The highest BCUT2D eigenvalue weighted by molar-refractivity contribution is 5.73. The molecule has 0 aliphatic heterocycles. The predicted octanol–water partition coefficient (Wildman–Crippen LogP) is 2.81. The number of rotatable bonds is 3. The Balaban J connectivity index is 2.51. The topological polar surface area (TPSA) is 73.3 Å². The first kappa shape index (κ1) is 11.0. The number of carbonyl (C=O) groups is 1. The third kappa shape index (κ3) is 2.20. The zero-order valence-electron chi connectivity index (χ0n) is 8.42. The summed E-state index contributed by atoms with van der Waals surface area (Å²) < 4.78 is 18.2. The van der Waals surface area contributed by atoms with Gasteiger partial charge >= 0.3 is 0 Å². The number of benzene rings is 1. The van der Waals surface area contributed by atoms with Gasteiger partial charge in [-0.1, -0.05) is 0 Å². The Bertz CT molecular complexity index is 591. The van der Waals surface area contributed by atoms with Crippen LogP contribution in [-0.2, 0) is 0 Å². The smallest absolute Gasteiger partial charge is 0.273 e. The van der Waals surface area contributed by atoms with Gasteiger partial charge < -0.3 is 4.42 Å². The van der Waals surface area contributed by atoms with E-state index in [0.29, 0.717) is 6.29 Å². The molecule has 0 fully saturated rings. The van der Waals surface area contributed by atoms with E-state index in [9.17, 15) is 19.3 Å². The number of hydrogen-bond acceptors (Lipinski definition) is 4. The average Bonchev–Trinajstić information content (AvgIpc) is 2.76.